The van der Waals surface area contributed by atoms with E-state index in [1.165, 1.54) is 6.07 Å². The molecule has 3 nitrogen and oxygen atoms in total. The van der Waals surface area contributed by atoms with Crippen molar-refractivity contribution in [2.24, 2.45) is 0 Å². The molecule has 1 aromatic heterocycles. The SMILES string of the molecule is CCNCc1ccoc1COc1ccc(F)c(F)c1. The van der Waals surface area contributed by atoms with Gasteiger partial charge in [0, 0.05) is 18.2 Å². The molecular weight excluding hydrogens is 252 g/mol. The normalized spacial score (nSPS) is 10.7. The molecule has 0 spiro atoms. The minimum Gasteiger partial charge on any atom is -0.486 e. The van der Waals surface area contributed by atoms with Crippen LogP contribution in [0.15, 0.2) is 34.9 Å². The highest BCUT2D eigenvalue weighted by molar-refractivity contribution is 5.24. The molecule has 0 aliphatic rings. The van der Waals surface area contributed by atoms with Crippen LogP contribution >= 0.6 is 0 Å². The second-order valence-electron chi connectivity index (χ2n) is 4.01. The molecule has 5 heteroatoms. The third kappa shape index (κ3) is 3.54. The van der Waals surface area contributed by atoms with Crippen LogP contribution in [0.2, 0.25) is 0 Å². The zero-order chi connectivity index (χ0) is 13.7. The van der Waals surface area contributed by atoms with E-state index in [0.717, 1.165) is 24.2 Å². The van der Waals surface area contributed by atoms with Gasteiger partial charge in [-0.1, -0.05) is 6.92 Å². The Morgan fingerprint density at radius 1 is 1.21 bits per heavy atom. The summed E-state index contributed by atoms with van der Waals surface area (Å²) < 4.78 is 36.4. The van der Waals surface area contributed by atoms with E-state index >= 15 is 0 Å². The van der Waals surface area contributed by atoms with Gasteiger partial charge in [0.25, 0.3) is 0 Å². The Bertz CT molecular complexity index is 540. The monoisotopic (exact) mass is 267 g/mol. The third-order valence-electron chi connectivity index (χ3n) is 2.66. The third-order valence-corrected chi connectivity index (χ3v) is 2.66. The van der Waals surface area contributed by atoms with Crippen LogP contribution in [0.1, 0.15) is 18.2 Å². The number of furan rings is 1. The smallest absolute Gasteiger partial charge is 0.162 e. The molecule has 0 saturated carbocycles. The fourth-order valence-electron chi connectivity index (χ4n) is 1.63. The van der Waals surface area contributed by atoms with Crippen molar-refractivity contribution in [1.29, 1.82) is 0 Å². The van der Waals surface area contributed by atoms with E-state index in [1.54, 1.807) is 6.26 Å². The molecule has 0 saturated heterocycles. The van der Waals surface area contributed by atoms with Crippen molar-refractivity contribution in [1.82, 2.24) is 5.32 Å². The number of hydrogen-bond acceptors (Lipinski definition) is 3. The molecule has 0 amide bonds. The molecule has 0 aliphatic carbocycles. The quantitative estimate of drug-likeness (QED) is 0.872. The molecule has 0 atom stereocenters. The molecule has 2 rings (SSSR count). The summed E-state index contributed by atoms with van der Waals surface area (Å²) in [6.45, 7) is 3.73. The lowest BCUT2D eigenvalue weighted by Gasteiger charge is -2.07. The molecule has 0 radical (unpaired) electrons. The number of ether oxygens (including phenoxy) is 1. The standard InChI is InChI=1S/C14H15F2NO2/c1-2-17-8-10-5-6-18-14(10)9-19-11-3-4-12(15)13(16)7-11/h3-7,17H,2,8-9H2,1H3. The molecule has 0 aliphatic heterocycles. The summed E-state index contributed by atoms with van der Waals surface area (Å²) in [6, 6.07) is 5.28. The van der Waals surface area contributed by atoms with Gasteiger partial charge in [0.2, 0.25) is 0 Å². The highest BCUT2D eigenvalue weighted by Gasteiger charge is 2.08. The molecule has 0 bridgehead atoms. The molecule has 1 aromatic carbocycles. The largest absolute Gasteiger partial charge is 0.486 e. The summed E-state index contributed by atoms with van der Waals surface area (Å²) in [6.07, 6.45) is 1.58. The van der Waals surface area contributed by atoms with Gasteiger partial charge >= 0.3 is 0 Å². The number of nitrogens with one attached hydrogen (secondary N) is 1. The van der Waals surface area contributed by atoms with Crippen molar-refractivity contribution in [2.45, 2.75) is 20.1 Å². The fraction of sp³-hybridized carbons (Fsp3) is 0.286. The molecule has 2 aromatic rings. The Morgan fingerprint density at radius 2 is 2.05 bits per heavy atom. The molecule has 0 fully saturated rings. The van der Waals surface area contributed by atoms with Gasteiger partial charge in [-0.3, -0.25) is 0 Å². The van der Waals surface area contributed by atoms with Crippen molar-refractivity contribution in [2.75, 3.05) is 6.54 Å². The van der Waals surface area contributed by atoms with E-state index in [0.29, 0.717) is 12.3 Å². The number of benzene rings is 1. The Morgan fingerprint density at radius 3 is 2.79 bits per heavy atom. The average Bonchev–Trinajstić information content (AvgIpc) is 2.85. The average molecular weight is 267 g/mol. The van der Waals surface area contributed by atoms with Gasteiger partial charge in [0.05, 0.1) is 6.26 Å². The molecule has 19 heavy (non-hydrogen) atoms. The highest BCUT2D eigenvalue weighted by atomic mass is 19.2. The maximum Gasteiger partial charge on any atom is 0.162 e. The molecule has 1 N–H and O–H groups in total. The first-order valence-electron chi connectivity index (χ1n) is 6.04. The van der Waals surface area contributed by atoms with Crippen molar-refractivity contribution in [3.05, 3.63) is 53.5 Å². The van der Waals surface area contributed by atoms with Gasteiger partial charge < -0.3 is 14.5 Å². The van der Waals surface area contributed by atoms with Gasteiger partial charge in [0.15, 0.2) is 11.6 Å². The van der Waals surface area contributed by atoms with Crippen LogP contribution in [0.4, 0.5) is 8.78 Å². The first-order valence-corrected chi connectivity index (χ1v) is 6.04. The lowest BCUT2D eigenvalue weighted by atomic mass is 10.2. The van der Waals surface area contributed by atoms with Crippen LogP contribution in [-0.2, 0) is 13.2 Å². The van der Waals surface area contributed by atoms with Crippen molar-refractivity contribution in [3.8, 4) is 5.75 Å². The predicted octanol–water partition coefficient (Wildman–Crippen LogP) is 3.25. The van der Waals surface area contributed by atoms with Crippen molar-refractivity contribution in [3.63, 3.8) is 0 Å². The molecule has 0 unspecified atom stereocenters. The predicted molar refractivity (Wildman–Crippen MR) is 66.8 cm³/mol. The second kappa shape index (κ2) is 6.33. The summed E-state index contributed by atoms with van der Waals surface area (Å²) in [5, 5.41) is 3.18. The summed E-state index contributed by atoms with van der Waals surface area (Å²) in [5.41, 5.74) is 0.990. The zero-order valence-electron chi connectivity index (χ0n) is 10.6. The second-order valence-corrected chi connectivity index (χ2v) is 4.01. The minimum atomic E-state index is -0.926. The van der Waals surface area contributed by atoms with Gasteiger partial charge in [0.1, 0.15) is 18.1 Å². The van der Waals surface area contributed by atoms with Gasteiger partial charge in [-0.25, -0.2) is 8.78 Å². The van der Waals surface area contributed by atoms with Gasteiger partial charge in [-0.15, -0.1) is 0 Å². The summed E-state index contributed by atoms with van der Waals surface area (Å²) in [4.78, 5) is 0. The van der Waals surface area contributed by atoms with E-state index in [9.17, 15) is 8.78 Å². The van der Waals surface area contributed by atoms with Crippen molar-refractivity contribution < 1.29 is 17.9 Å². The van der Waals surface area contributed by atoms with Crippen LogP contribution < -0.4 is 10.1 Å². The van der Waals surface area contributed by atoms with Gasteiger partial charge in [-0.2, -0.15) is 0 Å². The number of halogens is 2. The van der Waals surface area contributed by atoms with E-state index in [1.807, 2.05) is 13.0 Å². The van der Waals surface area contributed by atoms with Gasteiger partial charge in [-0.05, 0) is 24.7 Å². The highest BCUT2D eigenvalue weighted by Crippen LogP contribution is 2.18. The first-order chi connectivity index (χ1) is 9.20. The van der Waals surface area contributed by atoms with E-state index < -0.39 is 11.6 Å². The minimum absolute atomic E-state index is 0.179. The zero-order valence-corrected chi connectivity index (χ0v) is 10.6. The lowest BCUT2D eigenvalue weighted by Crippen LogP contribution is -2.12. The van der Waals surface area contributed by atoms with E-state index in [4.69, 9.17) is 9.15 Å². The Balaban J connectivity index is 1.98. The number of rotatable bonds is 6. The molecule has 102 valence electrons. The Hall–Kier alpha value is -1.88. The van der Waals surface area contributed by atoms with Crippen LogP contribution in [0.5, 0.6) is 5.75 Å². The summed E-state index contributed by atoms with van der Waals surface area (Å²) in [7, 11) is 0. The first kappa shape index (κ1) is 13.5. The maximum absolute atomic E-state index is 13.0. The van der Waals surface area contributed by atoms with Crippen LogP contribution in [-0.4, -0.2) is 6.54 Å². The molecule has 1 heterocycles. The van der Waals surface area contributed by atoms with Crippen LogP contribution in [0, 0.1) is 11.6 Å². The Kier molecular flexibility index (Phi) is 4.52. The van der Waals surface area contributed by atoms with Crippen LogP contribution in [0.3, 0.4) is 0 Å². The fourth-order valence-corrected chi connectivity index (χ4v) is 1.63. The lowest BCUT2D eigenvalue weighted by molar-refractivity contribution is 0.266. The summed E-state index contributed by atoms with van der Waals surface area (Å²) in [5.74, 6) is -0.876. The van der Waals surface area contributed by atoms with Crippen LogP contribution in [0.25, 0.3) is 0 Å². The van der Waals surface area contributed by atoms with E-state index in [2.05, 4.69) is 5.32 Å². The number of hydrogen-bond donors (Lipinski definition) is 1. The summed E-state index contributed by atoms with van der Waals surface area (Å²) >= 11 is 0. The van der Waals surface area contributed by atoms with E-state index in [-0.39, 0.29) is 12.4 Å². The van der Waals surface area contributed by atoms with Crippen molar-refractivity contribution >= 4 is 0 Å². The topological polar surface area (TPSA) is 34.4 Å². The maximum atomic E-state index is 13.0. The Labute approximate surface area is 110 Å². The molecular formula is C14H15F2NO2.